The van der Waals surface area contributed by atoms with Gasteiger partial charge in [0.1, 0.15) is 5.69 Å². The molecule has 0 saturated carbocycles. The summed E-state index contributed by atoms with van der Waals surface area (Å²) in [6, 6.07) is 0. The summed E-state index contributed by atoms with van der Waals surface area (Å²) in [5.74, 6) is -0.696. The van der Waals surface area contributed by atoms with Crippen LogP contribution in [0.3, 0.4) is 0 Å². The summed E-state index contributed by atoms with van der Waals surface area (Å²) in [4.78, 5) is 15.6. The van der Waals surface area contributed by atoms with Gasteiger partial charge in [0.2, 0.25) is 10.0 Å². The predicted molar refractivity (Wildman–Crippen MR) is 66.4 cm³/mol. The molecule has 0 unspecified atom stereocenters. The van der Waals surface area contributed by atoms with Crippen molar-refractivity contribution in [3.05, 3.63) is 16.1 Å². The number of aromatic nitrogens is 1. The molecule has 6 nitrogen and oxygen atoms in total. The molecular weight excluding hydrogens is 262 g/mol. The molecule has 17 heavy (non-hydrogen) atoms. The van der Waals surface area contributed by atoms with Crippen LogP contribution in [0, 0.1) is 0 Å². The van der Waals surface area contributed by atoms with Gasteiger partial charge in [0.25, 0.3) is 5.91 Å². The molecule has 0 saturated heterocycles. The molecule has 1 amide bonds. The molecule has 1 aromatic heterocycles. The normalized spacial score (nSPS) is 11.8. The van der Waals surface area contributed by atoms with Crippen molar-refractivity contribution < 1.29 is 13.2 Å². The second kappa shape index (κ2) is 5.56. The fourth-order valence-corrected chi connectivity index (χ4v) is 2.35. The second-order valence-electron chi connectivity index (χ2n) is 3.69. The number of sulfonamides is 1. The lowest BCUT2D eigenvalue weighted by molar-refractivity contribution is 0.0977. The van der Waals surface area contributed by atoms with Crippen molar-refractivity contribution >= 4 is 27.3 Å². The smallest absolute Gasteiger partial charge is 0.284 e. The highest BCUT2D eigenvalue weighted by Gasteiger charge is 2.21. The first-order valence-corrected chi connectivity index (χ1v) is 7.50. The van der Waals surface area contributed by atoms with Crippen LogP contribution in [0.25, 0.3) is 0 Å². The van der Waals surface area contributed by atoms with E-state index in [1.807, 2.05) is 4.72 Å². The van der Waals surface area contributed by atoms with Gasteiger partial charge < -0.3 is 5.73 Å². The molecule has 1 rings (SSSR count). The maximum atomic E-state index is 11.6. The van der Waals surface area contributed by atoms with Gasteiger partial charge in [0, 0.05) is 11.8 Å². The lowest BCUT2D eigenvalue weighted by Gasteiger charge is -2.07. The van der Waals surface area contributed by atoms with Crippen molar-refractivity contribution in [2.45, 2.75) is 25.5 Å². The molecule has 0 radical (unpaired) electrons. The molecule has 0 aliphatic heterocycles. The highest BCUT2D eigenvalue weighted by molar-refractivity contribution is 7.90. The minimum Gasteiger partial charge on any atom is -0.330 e. The third-order valence-corrected chi connectivity index (χ3v) is 4.62. The number of carbonyl (C=O) groups is 1. The standard InChI is InChI=1S/C9H15N3O3S2/c1-6(2)17(14,15)12-9(13)7-5-16-8(11-7)3-4-10/h5-6H,3-4,10H2,1-2H3,(H,12,13). The van der Waals surface area contributed by atoms with E-state index < -0.39 is 21.2 Å². The number of hydrogen-bond acceptors (Lipinski definition) is 6. The number of carbonyl (C=O) groups excluding carboxylic acids is 1. The Morgan fingerprint density at radius 2 is 2.24 bits per heavy atom. The van der Waals surface area contributed by atoms with Crippen molar-refractivity contribution in [1.29, 1.82) is 0 Å². The minimum atomic E-state index is -3.61. The topological polar surface area (TPSA) is 102 Å². The van der Waals surface area contributed by atoms with Gasteiger partial charge in [0.05, 0.1) is 10.3 Å². The third kappa shape index (κ3) is 3.76. The number of amides is 1. The van der Waals surface area contributed by atoms with Gasteiger partial charge in [-0.25, -0.2) is 18.1 Å². The zero-order valence-electron chi connectivity index (χ0n) is 9.63. The van der Waals surface area contributed by atoms with E-state index in [2.05, 4.69) is 4.98 Å². The Morgan fingerprint density at radius 3 is 2.76 bits per heavy atom. The highest BCUT2D eigenvalue weighted by Crippen LogP contribution is 2.10. The summed E-state index contributed by atoms with van der Waals surface area (Å²) < 4.78 is 24.9. The Kier molecular flexibility index (Phi) is 4.61. The highest BCUT2D eigenvalue weighted by atomic mass is 32.2. The predicted octanol–water partition coefficient (Wildman–Crippen LogP) is 0.112. The number of nitrogens with zero attached hydrogens (tertiary/aromatic N) is 1. The zero-order valence-corrected chi connectivity index (χ0v) is 11.3. The Balaban J connectivity index is 2.77. The van der Waals surface area contributed by atoms with Crippen LogP contribution in [0.5, 0.6) is 0 Å². The molecule has 3 N–H and O–H groups in total. The molecule has 0 fully saturated rings. The monoisotopic (exact) mass is 277 g/mol. The Labute approximate surface area is 104 Å². The Morgan fingerprint density at radius 1 is 1.59 bits per heavy atom. The van der Waals surface area contributed by atoms with Crippen molar-refractivity contribution in [1.82, 2.24) is 9.71 Å². The Hall–Kier alpha value is -0.990. The lowest BCUT2D eigenvalue weighted by atomic mass is 10.4. The average Bonchev–Trinajstić information content (AvgIpc) is 2.66. The maximum Gasteiger partial charge on any atom is 0.284 e. The maximum absolute atomic E-state index is 11.6. The lowest BCUT2D eigenvalue weighted by Crippen LogP contribution is -2.35. The quantitative estimate of drug-likeness (QED) is 0.795. The van der Waals surface area contributed by atoms with E-state index in [0.717, 1.165) is 5.01 Å². The summed E-state index contributed by atoms with van der Waals surface area (Å²) in [5.41, 5.74) is 5.47. The molecule has 8 heteroatoms. The van der Waals surface area contributed by atoms with Crippen LogP contribution >= 0.6 is 11.3 Å². The first-order valence-electron chi connectivity index (χ1n) is 5.07. The van der Waals surface area contributed by atoms with Crippen molar-refractivity contribution in [2.24, 2.45) is 5.73 Å². The van der Waals surface area contributed by atoms with Gasteiger partial charge in [0.15, 0.2) is 0 Å². The van der Waals surface area contributed by atoms with Gasteiger partial charge >= 0.3 is 0 Å². The van der Waals surface area contributed by atoms with Crippen LogP contribution in [-0.2, 0) is 16.4 Å². The van der Waals surface area contributed by atoms with E-state index in [0.29, 0.717) is 13.0 Å². The third-order valence-electron chi connectivity index (χ3n) is 2.00. The Bertz CT molecular complexity index is 493. The molecule has 0 aliphatic rings. The molecule has 1 heterocycles. The van der Waals surface area contributed by atoms with Crippen molar-refractivity contribution in [2.75, 3.05) is 6.54 Å². The van der Waals surface area contributed by atoms with Gasteiger partial charge in [-0.15, -0.1) is 11.3 Å². The number of thiazole rings is 1. The van der Waals surface area contributed by atoms with E-state index in [9.17, 15) is 13.2 Å². The molecule has 0 aromatic carbocycles. The molecule has 1 aromatic rings. The molecule has 0 atom stereocenters. The van der Waals surface area contributed by atoms with E-state index in [1.165, 1.54) is 30.6 Å². The van der Waals surface area contributed by atoms with Gasteiger partial charge in [-0.2, -0.15) is 0 Å². The number of nitrogens with two attached hydrogens (primary N) is 1. The van der Waals surface area contributed by atoms with Crippen molar-refractivity contribution in [3.8, 4) is 0 Å². The first kappa shape index (κ1) is 14.1. The molecule has 0 bridgehead atoms. The summed E-state index contributed by atoms with van der Waals surface area (Å²) in [6.45, 7) is 3.44. The zero-order chi connectivity index (χ0) is 13.1. The SMILES string of the molecule is CC(C)S(=O)(=O)NC(=O)c1csc(CCN)n1. The molecule has 0 spiro atoms. The first-order chi connectivity index (χ1) is 7.86. The second-order valence-corrected chi connectivity index (χ2v) is 6.87. The fourth-order valence-electron chi connectivity index (χ4n) is 0.953. The van der Waals surface area contributed by atoms with Gasteiger partial charge in [-0.3, -0.25) is 4.79 Å². The van der Waals surface area contributed by atoms with Crippen LogP contribution < -0.4 is 10.5 Å². The van der Waals surface area contributed by atoms with Crippen LogP contribution in [0.2, 0.25) is 0 Å². The number of hydrogen-bond donors (Lipinski definition) is 2. The number of rotatable bonds is 5. The van der Waals surface area contributed by atoms with Gasteiger partial charge in [-0.05, 0) is 20.4 Å². The largest absolute Gasteiger partial charge is 0.330 e. The van der Waals surface area contributed by atoms with Gasteiger partial charge in [-0.1, -0.05) is 0 Å². The van der Waals surface area contributed by atoms with Crippen LogP contribution in [-0.4, -0.2) is 31.1 Å². The van der Waals surface area contributed by atoms with Crippen molar-refractivity contribution in [3.63, 3.8) is 0 Å². The van der Waals surface area contributed by atoms with E-state index >= 15 is 0 Å². The fraction of sp³-hybridized carbons (Fsp3) is 0.556. The summed E-state index contributed by atoms with van der Waals surface area (Å²) >= 11 is 1.29. The van der Waals surface area contributed by atoms with E-state index in [-0.39, 0.29) is 5.69 Å². The summed E-state index contributed by atoms with van der Waals surface area (Å²) in [5, 5.41) is 1.59. The summed E-state index contributed by atoms with van der Waals surface area (Å²) in [6.07, 6.45) is 0.578. The number of nitrogens with one attached hydrogen (secondary N) is 1. The molecule has 96 valence electrons. The summed E-state index contributed by atoms with van der Waals surface area (Å²) in [7, 11) is -3.61. The van der Waals surface area contributed by atoms with E-state index in [4.69, 9.17) is 5.73 Å². The molecular formula is C9H15N3O3S2. The molecule has 0 aliphatic carbocycles. The van der Waals surface area contributed by atoms with Crippen LogP contribution in [0.1, 0.15) is 29.3 Å². The van der Waals surface area contributed by atoms with Crippen LogP contribution in [0.4, 0.5) is 0 Å². The van der Waals surface area contributed by atoms with Crippen LogP contribution in [0.15, 0.2) is 5.38 Å². The minimum absolute atomic E-state index is 0.114. The average molecular weight is 277 g/mol. The van der Waals surface area contributed by atoms with E-state index in [1.54, 1.807) is 0 Å².